The molecule has 1 heterocycles. The minimum Gasteiger partial charge on any atom is -0.456 e. The van der Waals surface area contributed by atoms with E-state index in [0.717, 1.165) is 5.56 Å². The lowest BCUT2D eigenvalue weighted by molar-refractivity contribution is 0.546. The molecule has 0 radical (unpaired) electrons. The topological polar surface area (TPSA) is 13.1 Å². The molecule has 0 aromatic carbocycles. The highest BCUT2D eigenvalue weighted by atomic mass is 32.2. The zero-order valence-electron chi connectivity index (χ0n) is 9.13. The number of rotatable bonds is 5. The summed E-state index contributed by atoms with van der Waals surface area (Å²) in [6.45, 7) is 12.8. The van der Waals surface area contributed by atoms with E-state index in [1.54, 1.807) is 6.08 Å². The molecule has 0 unspecified atom stereocenters. The van der Waals surface area contributed by atoms with E-state index in [9.17, 15) is 3.89 Å². The molecule has 1 aromatic heterocycles. The van der Waals surface area contributed by atoms with Gasteiger partial charge in [0, 0.05) is 16.0 Å². The van der Waals surface area contributed by atoms with Crippen LogP contribution < -0.4 is 0 Å². The van der Waals surface area contributed by atoms with Gasteiger partial charge in [0.15, 0.2) is 0 Å². The Balaban J connectivity index is 3.51. The van der Waals surface area contributed by atoms with Crippen molar-refractivity contribution in [1.82, 2.24) is 0 Å². The van der Waals surface area contributed by atoms with Crippen molar-refractivity contribution in [3.8, 4) is 0 Å². The van der Waals surface area contributed by atoms with E-state index >= 15 is 0 Å². The Morgan fingerprint density at radius 2 is 1.94 bits per heavy atom. The molecule has 0 amide bonds. The van der Waals surface area contributed by atoms with Crippen LogP contribution in [0.3, 0.4) is 0 Å². The van der Waals surface area contributed by atoms with Crippen molar-refractivity contribution in [1.29, 1.82) is 0 Å². The first-order chi connectivity index (χ1) is 7.69. The largest absolute Gasteiger partial charge is 0.456 e. The first kappa shape index (κ1) is 12.6. The van der Waals surface area contributed by atoms with Gasteiger partial charge in [-0.3, -0.25) is 0 Å². The summed E-state index contributed by atoms with van der Waals surface area (Å²) in [5.74, 6) is 1.11. The normalized spacial score (nSPS) is 10.6. The molecule has 0 bridgehead atoms. The van der Waals surface area contributed by atoms with Gasteiger partial charge in [-0.1, -0.05) is 31.9 Å². The van der Waals surface area contributed by atoms with Crippen molar-refractivity contribution >= 4 is 35.3 Å². The second-order valence-electron chi connectivity index (χ2n) is 3.03. The van der Waals surface area contributed by atoms with Crippen molar-refractivity contribution in [2.45, 2.75) is 6.92 Å². The maximum atomic E-state index is 12.6. The Kier molecular flexibility index (Phi) is 4.38. The van der Waals surface area contributed by atoms with Crippen LogP contribution in [-0.4, -0.2) is 0 Å². The molecule has 0 aliphatic heterocycles. The van der Waals surface area contributed by atoms with Crippen molar-refractivity contribution in [2.24, 2.45) is 0 Å². The third kappa shape index (κ3) is 2.19. The van der Waals surface area contributed by atoms with Gasteiger partial charge in [-0.15, -0.1) is 0 Å². The van der Waals surface area contributed by atoms with E-state index in [2.05, 4.69) is 19.7 Å². The van der Waals surface area contributed by atoms with Crippen LogP contribution in [0.5, 0.6) is 0 Å². The Labute approximate surface area is 99.3 Å². The molecule has 1 nitrogen and oxygen atoms in total. The summed E-state index contributed by atoms with van der Waals surface area (Å²) in [4.78, 5) is 0.305. The predicted molar refractivity (Wildman–Crippen MR) is 71.3 cm³/mol. The van der Waals surface area contributed by atoms with Crippen LogP contribution in [-0.2, 0) is 0 Å². The Morgan fingerprint density at radius 3 is 2.38 bits per heavy atom. The highest BCUT2D eigenvalue weighted by Crippen LogP contribution is 2.37. The molecule has 1 aromatic rings. The summed E-state index contributed by atoms with van der Waals surface area (Å²) in [6.07, 6.45) is 6.81. The fourth-order valence-corrected chi connectivity index (χ4v) is 1.72. The SMILES string of the molecule is C=Cc1oc(C=C)c(C(=C)SF)c1/C=C\C. The van der Waals surface area contributed by atoms with Gasteiger partial charge in [-0.25, -0.2) is 0 Å². The van der Waals surface area contributed by atoms with E-state index in [1.807, 2.05) is 19.1 Å². The minimum absolute atomic E-state index is 0.101. The molecule has 0 N–H and O–H groups in total. The highest BCUT2D eigenvalue weighted by molar-refractivity contribution is 8.03. The lowest BCUT2D eigenvalue weighted by atomic mass is 10.1. The summed E-state index contributed by atoms with van der Waals surface area (Å²) in [7, 11) is 0. The van der Waals surface area contributed by atoms with Crippen molar-refractivity contribution in [3.63, 3.8) is 0 Å². The van der Waals surface area contributed by atoms with Gasteiger partial charge >= 0.3 is 0 Å². The number of hydrogen-bond acceptors (Lipinski definition) is 2. The van der Waals surface area contributed by atoms with E-state index in [4.69, 9.17) is 4.42 Å². The fraction of sp³-hybridized carbons (Fsp3) is 0.0769. The van der Waals surface area contributed by atoms with Gasteiger partial charge in [0.05, 0.1) is 12.1 Å². The number of hydrogen-bond donors (Lipinski definition) is 0. The number of allylic oxidation sites excluding steroid dienone is 1. The first-order valence-corrected chi connectivity index (χ1v) is 5.43. The van der Waals surface area contributed by atoms with Gasteiger partial charge < -0.3 is 4.42 Å². The Morgan fingerprint density at radius 1 is 1.31 bits per heavy atom. The molecular formula is C13H13FOS. The molecule has 0 fully saturated rings. The van der Waals surface area contributed by atoms with Gasteiger partial charge in [-0.05, 0) is 19.1 Å². The van der Waals surface area contributed by atoms with Crippen molar-refractivity contribution in [2.75, 3.05) is 0 Å². The molecule has 0 saturated carbocycles. The summed E-state index contributed by atoms with van der Waals surface area (Å²) < 4.78 is 18.1. The average molecular weight is 236 g/mol. The van der Waals surface area contributed by atoms with Crippen LogP contribution in [0.25, 0.3) is 23.1 Å². The first-order valence-electron chi connectivity index (χ1n) is 4.71. The van der Waals surface area contributed by atoms with Crippen molar-refractivity contribution in [3.05, 3.63) is 48.5 Å². The second-order valence-corrected chi connectivity index (χ2v) is 3.67. The summed E-state index contributed by atoms with van der Waals surface area (Å²) in [5.41, 5.74) is 1.41. The van der Waals surface area contributed by atoms with E-state index in [0.29, 0.717) is 22.0 Å². The standard InChI is InChI=1S/C13H13FOS/c1-5-8-10-11(6-2)15-12(7-3)13(10)9(4)16-14/h5-8H,2-4H2,1H3/b8-5-. The molecule has 1 rings (SSSR count). The maximum Gasteiger partial charge on any atom is 0.136 e. The van der Waals surface area contributed by atoms with Crippen LogP contribution in [0.1, 0.15) is 29.6 Å². The lowest BCUT2D eigenvalue weighted by Crippen LogP contribution is -1.82. The van der Waals surface area contributed by atoms with Crippen LogP contribution in [0, 0.1) is 0 Å². The van der Waals surface area contributed by atoms with E-state index in [-0.39, 0.29) is 12.1 Å². The zero-order chi connectivity index (χ0) is 12.1. The van der Waals surface area contributed by atoms with E-state index < -0.39 is 0 Å². The van der Waals surface area contributed by atoms with Gasteiger partial charge in [0.2, 0.25) is 0 Å². The number of halogens is 1. The molecule has 0 saturated heterocycles. The quantitative estimate of drug-likeness (QED) is 0.698. The lowest BCUT2D eigenvalue weighted by Gasteiger charge is -1.99. The van der Waals surface area contributed by atoms with E-state index in [1.165, 1.54) is 6.08 Å². The molecule has 0 aliphatic carbocycles. The van der Waals surface area contributed by atoms with Crippen LogP contribution in [0.15, 0.2) is 30.2 Å². The van der Waals surface area contributed by atoms with Crippen LogP contribution in [0.4, 0.5) is 3.89 Å². The summed E-state index contributed by atoms with van der Waals surface area (Å²) >= 11 is 0.101. The summed E-state index contributed by atoms with van der Waals surface area (Å²) in [5, 5.41) is 0. The molecule has 0 spiro atoms. The van der Waals surface area contributed by atoms with Crippen LogP contribution in [0.2, 0.25) is 0 Å². The fourth-order valence-electron chi connectivity index (χ4n) is 1.43. The molecule has 3 heteroatoms. The zero-order valence-corrected chi connectivity index (χ0v) is 9.94. The molecule has 0 atom stereocenters. The third-order valence-electron chi connectivity index (χ3n) is 2.08. The smallest absolute Gasteiger partial charge is 0.136 e. The summed E-state index contributed by atoms with van der Waals surface area (Å²) in [6, 6.07) is 0. The van der Waals surface area contributed by atoms with Gasteiger partial charge in [0.1, 0.15) is 11.5 Å². The molecule has 84 valence electrons. The maximum absolute atomic E-state index is 12.6. The molecule has 16 heavy (non-hydrogen) atoms. The monoisotopic (exact) mass is 236 g/mol. The average Bonchev–Trinajstić information content (AvgIpc) is 2.66. The Hall–Kier alpha value is -1.48. The van der Waals surface area contributed by atoms with Crippen molar-refractivity contribution < 1.29 is 8.30 Å². The Bertz CT molecular complexity index is 455. The predicted octanol–water partition coefficient (Wildman–Crippen LogP) is 5.19. The second kappa shape index (κ2) is 5.56. The van der Waals surface area contributed by atoms with Gasteiger partial charge in [0.25, 0.3) is 0 Å². The number of furan rings is 1. The van der Waals surface area contributed by atoms with Gasteiger partial charge in [-0.2, -0.15) is 3.89 Å². The minimum atomic E-state index is 0.101. The third-order valence-corrected chi connectivity index (χ3v) is 2.47. The molecule has 0 aliphatic rings. The molecular weight excluding hydrogens is 223 g/mol. The highest BCUT2D eigenvalue weighted by Gasteiger charge is 2.17. The van der Waals surface area contributed by atoms with Crippen LogP contribution >= 0.6 is 12.1 Å².